The van der Waals surface area contributed by atoms with Gasteiger partial charge in [-0.15, -0.1) is 17.5 Å². The van der Waals surface area contributed by atoms with E-state index < -0.39 is 11.9 Å². The molecule has 2 atom stereocenters. The van der Waals surface area contributed by atoms with Crippen molar-refractivity contribution in [3.05, 3.63) is 53.1 Å². The van der Waals surface area contributed by atoms with Crippen molar-refractivity contribution in [3.63, 3.8) is 0 Å². The van der Waals surface area contributed by atoms with Gasteiger partial charge >= 0.3 is 0 Å². The lowest BCUT2D eigenvalue weighted by molar-refractivity contribution is -0.129. The monoisotopic (exact) mass is 523 g/mol. The van der Waals surface area contributed by atoms with Crippen molar-refractivity contribution in [3.8, 4) is 0 Å². The van der Waals surface area contributed by atoms with E-state index in [0.29, 0.717) is 37.3 Å². The molecule has 1 amide bonds. The summed E-state index contributed by atoms with van der Waals surface area (Å²) in [5, 5.41) is 16.9. The number of rotatable bonds is 10. The lowest BCUT2D eigenvalue weighted by Gasteiger charge is -2.37. The minimum Gasteiger partial charge on any atom is -0.297 e. The number of likely N-dealkylation sites (tertiary alicyclic amines) is 1. The number of Topliss-reactive ketones (excluding diaryl/α,β-unsaturated/α-hetero) is 1. The Morgan fingerprint density at radius 1 is 1.26 bits per heavy atom. The number of thiol groups is 1. The third-order valence-corrected chi connectivity index (χ3v) is 6.96. The largest absolute Gasteiger partial charge is 0.297 e. The molecule has 2 heterocycles. The van der Waals surface area contributed by atoms with Crippen LogP contribution in [-0.4, -0.2) is 55.1 Å². The number of carbonyl (C=O) groups excluding carboxylic acids is 2. The minimum atomic E-state index is -0.593. The number of hydrogen-bond donors (Lipinski definition) is 3. The SMILES string of the molecule is Cl.O=C(CCCCn1cc(/C=C2/CN(C(C(=O)C3CC3)c3ccccc3F)CCC2S)nn1)NO. The Bertz CT molecular complexity index is 1060. The lowest BCUT2D eigenvalue weighted by Crippen LogP contribution is -2.42. The molecule has 8 nitrogen and oxygen atoms in total. The summed E-state index contributed by atoms with van der Waals surface area (Å²) in [5.74, 6) is -0.629. The predicted octanol–water partition coefficient (Wildman–Crippen LogP) is 3.62. The number of hydroxylamine groups is 1. The maximum absolute atomic E-state index is 14.7. The molecule has 0 bridgehead atoms. The van der Waals surface area contributed by atoms with Crippen LogP contribution in [0.15, 0.2) is 36.0 Å². The summed E-state index contributed by atoms with van der Waals surface area (Å²) in [6, 6.07) is 5.96. The molecule has 0 radical (unpaired) electrons. The quantitative estimate of drug-likeness (QED) is 0.190. The summed E-state index contributed by atoms with van der Waals surface area (Å²) >= 11 is 4.74. The number of aryl methyl sites for hydroxylation is 1. The van der Waals surface area contributed by atoms with E-state index in [2.05, 4.69) is 15.2 Å². The van der Waals surface area contributed by atoms with Crippen molar-refractivity contribution in [1.82, 2.24) is 25.4 Å². The summed E-state index contributed by atoms with van der Waals surface area (Å²) in [6.07, 6.45) is 7.90. The summed E-state index contributed by atoms with van der Waals surface area (Å²) in [4.78, 5) is 26.3. The van der Waals surface area contributed by atoms with Gasteiger partial charge in [0.05, 0.1) is 12.2 Å². The fourth-order valence-electron chi connectivity index (χ4n) is 4.37. The zero-order valence-corrected chi connectivity index (χ0v) is 21.1. The van der Waals surface area contributed by atoms with Crippen LogP contribution in [-0.2, 0) is 16.1 Å². The third kappa shape index (κ3) is 7.13. The lowest BCUT2D eigenvalue weighted by atomic mass is 9.93. The van der Waals surface area contributed by atoms with Crippen LogP contribution in [0.25, 0.3) is 6.08 Å². The second kappa shape index (κ2) is 12.6. The molecule has 35 heavy (non-hydrogen) atoms. The van der Waals surface area contributed by atoms with Crippen molar-refractivity contribution in [1.29, 1.82) is 0 Å². The fourth-order valence-corrected chi connectivity index (χ4v) is 4.64. The average Bonchev–Trinajstić information content (AvgIpc) is 3.60. The number of nitrogens with zero attached hydrogens (tertiary/aromatic N) is 4. The summed E-state index contributed by atoms with van der Waals surface area (Å²) in [7, 11) is 0. The van der Waals surface area contributed by atoms with E-state index in [0.717, 1.165) is 31.3 Å². The topological polar surface area (TPSA) is 100 Å². The number of unbranched alkanes of at least 4 members (excludes halogenated alkanes) is 1. The highest BCUT2D eigenvalue weighted by Gasteiger charge is 2.40. The first-order valence-electron chi connectivity index (χ1n) is 11.7. The van der Waals surface area contributed by atoms with Crippen molar-refractivity contribution in [2.75, 3.05) is 13.1 Å². The first kappa shape index (κ1) is 27.3. The molecule has 0 spiro atoms. The number of halogens is 2. The van der Waals surface area contributed by atoms with Crippen LogP contribution in [0, 0.1) is 11.7 Å². The first-order valence-corrected chi connectivity index (χ1v) is 12.2. The Hall–Kier alpha value is -2.27. The van der Waals surface area contributed by atoms with Crippen LogP contribution >= 0.6 is 25.0 Å². The molecule has 1 aromatic carbocycles. The highest BCUT2D eigenvalue weighted by Crippen LogP contribution is 2.39. The Morgan fingerprint density at radius 2 is 2.03 bits per heavy atom. The Labute approximate surface area is 215 Å². The van der Waals surface area contributed by atoms with Gasteiger partial charge in [-0.3, -0.25) is 24.4 Å². The van der Waals surface area contributed by atoms with Gasteiger partial charge in [0.2, 0.25) is 5.91 Å². The molecular weight excluding hydrogens is 493 g/mol. The highest BCUT2D eigenvalue weighted by atomic mass is 35.5. The number of nitrogens with one attached hydrogen (secondary N) is 1. The van der Waals surface area contributed by atoms with Crippen LogP contribution in [0.2, 0.25) is 0 Å². The van der Waals surface area contributed by atoms with E-state index in [9.17, 15) is 14.0 Å². The number of ketones is 1. The molecule has 2 unspecified atom stereocenters. The molecule has 1 saturated carbocycles. The zero-order valence-electron chi connectivity index (χ0n) is 19.3. The molecule has 11 heteroatoms. The molecule has 2 fully saturated rings. The van der Waals surface area contributed by atoms with E-state index >= 15 is 0 Å². The Morgan fingerprint density at radius 3 is 2.74 bits per heavy atom. The Kier molecular flexibility index (Phi) is 9.85. The van der Waals surface area contributed by atoms with Crippen LogP contribution in [0.1, 0.15) is 55.8 Å². The standard InChI is InChI=1S/C24H30FN5O3S.ClH/c25-20-6-2-1-5-19(20)23(24(32)16-8-9-16)29-12-10-21(34)17(14-29)13-18-15-30(28-26-18)11-4-3-7-22(31)27-33;/h1-2,5-6,13,15-16,21,23,33-34H,3-4,7-12,14H2,(H,27,31);1H/b17-13-;. The fraction of sp³-hybridized carbons (Fsp3) is 0.500. The molecule has 2 N–H and O–H groups in total. The van der Waals surface area contributed by atoms with Crippen molar-refractivity contribution in [2.45, 2.75) is 56.4 Å². The molecule has 190 valence electrons. The molecule has 4 rings (SSSR count). The van der Waals surface area contributed by atoms with Gasteiger partial charge in [0, 0.05) is 42.8 Å². The molecule has 1 aromatic heterocycles. The van der Waals surface area contributed by atoms with Crippen molar-refractivity contribution < 1.29 is 19.2 Å². The third-order valence-electron chi connectivity index (χ3n) is 6.37. The smallest absolute Gasteiger partial charge is 0.243 e. The van der Waals surface area contributed by atoms with E-state index in [1.54, 1.807) is 28.4 Å². The van der Waals surface area contributed by atoms with Crippen molar-refractivity contribution >= 4 is 42.8 Å². The van der Waals surface area contributed by atoms with Crippen LogP contribution in [0.4, 0.5) is 4.39 Å². The van der Waals surface area contributed by atoms with E-state index in [1.807, 2.05) is 12.3 Å². The van der Waals surface area contributed by atoms with E-state index in [1.165, 1.54) is 6.07 Å². The maximum atomic E-state index is 14.7. The molecule has 2 aromatic rings. The number of carbonyl (C=O) groups is 2. The molecular formula is C24H31ClFN5O3S. The molecule has 2 aliphatic rings. The van der Waals surface area contributed by atoms with Gasteiger partial charge in [-0.25, -0.2) is 9.87 Å². The van der Waals surface area contributed by atoms with Crippen LogP contribution in [0.3, 0.4) is 0 Å². The normalized spacial score (nSPS) is 20.3. The second-order valence-corrected chi connectivity index (χ2v) is 9.62. The van der Waals surface area contributed by atoms with Crippen molar-refractivity contribution in [2.24, 2.45) is 5.92 Å². The first-order chi connectivity index (χ1) is 16.5. The number of hydrogen-bond acceptors (Lipinski definition) is 7. The zero-order chi connectivity index (χ0) is 24.1. The maximum Gasteiger partial charge on any atom is 0.243 e. The number of amides is 1. The summed E-state index contributed by atoms with van der Waals surface area (Å²) in [5.41, 5.74) is 3.78. The second-order valence-electron chi connectivity index (χ2n) is 8.99. The highest BCUT2D eigenvalue weighted by molar-refractivity contribution is 7.81. The van der Waals surface area contributed by atoms with Gasteiger partial charge in [-0.1, -0.05) is 23.4 Å². The molecule has 1 aliphatic heterocycles. The van der Waals surface area contributed by atoms with Crippen LogP contribution in [0.5, 0.6) is 0 Å². The van der Waals surface area contributed by atoms with E-state index in [4.69, 9.17) is 17.8 Å². The number of aromatic nitrogens is 3. The summed E-state index contributed by atoms with van der Waals surface area (Å²) < 4.78 is 16.4. The summed E-state index contributed by atoms with van der Waals surface area (Å²) in [6.45, 7) is 1.78. The van der Waals surface area contributed by atoms with E-state index in [-0.39, 0.29) is 41.6 Å². The Balaban J connectivity index is 0.00000342. The van der Waals surface area contributed by atoms with Crippen LogP contribution < -0.4 is 5.48 Å². The molecule has 1 saturated heterocycles. The molecule has 1 aliphatic carbocycles. The van der Waals surface area contributed by atoms with Gasteiger partial charge in [-0.2, -0.15) is 12.6 Å². The van der Waals surface area contributed by atoms with Gasteiger partial charge in [0.25, 0.3) is 0 Å². The minimum absolute atomic E-state index is 0. The number of piperidine rings is 1. The van der Waals surface area contributed by atoms with Gasteiger partial charge in [0.15, 0.2) is 5.78 Å². The number of benzene rings is 1. The van der Waals surface area contributed by atoms with Gasteiger partial charge < -0.3 is 0 Å². The van der Waals surface area contributed by atoms with Gasteiger partial charge in [0.1, 0.15) is 11.5 Å². The average molecular weight is 524 g/mol. The van der Waals surface area contributed by atoms with Gasteiger partial charge in [-0.05, 0) is 49.8 Å². The predicted molar refractivity (Wildman–Crippen MR) is 135 cm³/mol.